The number of hydrogen-bond donors (Lipinski definition) is 1. The summed E-state index contributed by atoms with van der Waals surface area (Å²) >= 11 is 0. The Labute approximate surface area is 144 Å². The molecule has 4 aliphatic rings. The van der Waals surface area contributed by atoms with Gasteiger partial charge in [-0.3, -0.25) is 0 Å². The standard InChI is InChI=1S/C18H16.C5H7N/c1-3-7-15-13(5-1)9-11-18-16-8-4-2-6-14(16)10-12-17(15)18;1-2-4-6-5-3-1/h1-2,5-7,9-10,12H,3-4,8,11H2;1-4,6H,5H2. The summed E-state index contributed by atoms with van der Waals surface area (Å²) in [5, 5.41) is 3.02. The van der Waals surface area contributed by atoms with E-state index in [1.807, 2.05) is 18.4 Å². The number of rotatable bonds is 0. The van der Waals surface area contributed by atoms with Crippen molar-refractivity contribution in [3.63, 3.8) is 0 Å². The summed E-state index contributed by atoms with van der Waals surface area (Å²) in [5.41, 5.74) is 8.94. The van der Waals surface area contributed by atoms with Crippen LogP contribution in [0.4, 0.5) is 0 Å². The van der Waals surface area contributed by atoms with Gasteiger partial charge in [-0.2, -0.15) is 0 Å². The Morgan fingerprint density at radius 2 is 1.88 bits per heavy atom. The Balaban J connectivity index is 0.000000207. The Bertz CT molecular complexity index is 801. The highest BCUT2D eigenvalue weighted by Crippen LogP contribution is 2.38. The Kier molecular flexibility index (Phi) is 4.33. The van der Waals surface area contributed by atoms with Gasteiger partial charge < -0.3 is 5.32 Å². The molecule has 0 saturated heterocycles. The monoisotopic (exact) mass is 313 g/mol. The molecule has 0 atom stereocenters. The van der Waals surface area contributed by atoms with E-state index in [-0.39, 0.29) is 0 Å². The molecular weight excluding hydrogens is 290 g/mol. The maximum absolute atomic E-state index is 3.02. The van der Waals surface area contributed by atoms with E-state index in [9.17, 15) is 0 Å². The summed E-state index contributed by atoms with van der Waals surface area (Å²) in [5.74, 6) is 0. The molecular formula is C23H23N. The minimum Gasteiger partial charge on any atom is -0.387 e. The molecule has 24 heavy (non-hydrogen) atoms. The van der Waals surface area contributed by atoms with Crippen LogP contribution in [0.3, 0.4) is 0 Å². The fourth-order valence-electron chi connectivity index (χ4n) is 3.74. The van der Waals surface area contributed by atoms with Crippen molar-refractivity contribution >= 4 is 11.6 Å². The van der Waals surface area contributed by atoms with Gasteiger partial charge in [-0.15, -0.1) is 0 Å². The van der Waals surface area contributed by atoms with Gasteiger partial charge in [0.25, 0.3) is 0 Å². The van der Waals surface area contributed by atoms with Crippen molar-refractivity contribution in [2.24, 2.45) is 0 Å². The first-order chi connectivity index (χ1) is 11.9. The number of benzene rings is 1. The quantitative estimate of drug-likeness (QED) is 0.700. The van der Waals surface area contributed by atoms with Crippen molar-refractivity contribution in [3.8, 4) is 0 Å². The van der Waals surface area contributed by atoms with Gasteiger partial charge in [0.2, 0.25) is 0 Å². The fraction of sp³-hybridized carbons (Fsp3) is 0.217. The number of dihydropyridines is 1. The van der Waals surface area contributed by atoms with Crippen molar-refractivity contribution in [2.45, 2.75) is 25.7 Å². The van der Waals surface area contributed by atoms with E-state index in [0.717, 1.165) is 19.4 Å². The minimum absolute atomic E-state index is 0.983. The second-order valence-corrected chi connectivity index (χ2v) is 6.42. The van der Waals surface area contributed by atoms with Crippen LogP contribution in [-0.2, 0) is 12.8 Å². The van der Waals surface area contributed by atoms with Crippen LogP contribution in [0.1, 0.15) is 35.1 Å². The molecule has 0 radical (unpaired) electrons. The van der Waals surface area contributed by atoms with Crippen LogP contribution in [0.15, 0.2) is 72.5 Å². The van der Waals surface area contributed by atoms with Crippen molar-refractivity contribution in [1.29, 1.82) is 0 Å². The summed E-state index contributed by atoms with van der Waals surface area (Å²) in [4.78, 5) is 0. The molecule has 1 aromatic rings. The topological polar surface area (TPSA) is 12.0 Å². The normalized spacial score (nSPS) is 19.0. The predicted octanol–water partition coefficient (Wildman–Crippen LogP) is 5.13. The highest BCUT2D eigenvalue weighted by molar-refractivity contribution is 5.87. The highest BCUT2D eigenvalue weighted by atomic mass is 14.8. The van der Waals surface area contributed by atoms with Gasteiger partial charge in [0, 0.05) is 6.54 Å². The molecule has 5 rings (SSSR count). The molecule has 0 aromatic heterocycles. The number of fused-ring (bicyclic) bond motifs is 5. The first kappa shape index (κ1) is 15.0. The molecule has 0 unspecified atom stereocenters. The third-order valence-electron chi connectivity index (χ3n) is 4.91. The number of allylic oxidation sites excluding steroid dienone is 9. The van der Waals surface area contributed by atoms with E-state index >= 15 is 0 Å². The molecule has 0 amide bonds. The van der Waals surface area contributed by atoms with Crippen molar-refractivity contribution in [3.05, 3.63) is 94.8 Å². The predicted molar refractivity (Wildman–Crippen MR) is 104 cm³/mol. The Morgan fingerprint density at radius 3 is 2.67 bits per heavy atom. The lowest BCUT2D eigenvalue weighted by molar-refractivity contribution is 0.953. The summed E-state index contributed by atoms with van der Waals surface area (Å²) in [6.45, 7) is 0.983. The zero-order valence-corrected chi connectivity index (χ0v) is 14.0. The Hall–Kier alpha value is -2.54. The molecule has 1 heterocycles. The summed E-state index contributed by atoms with van der Waals surface area (Å²) in [7, 11) is 0. The van der Waals surface area contributed by atoms with Crippen LogP contribution < -0.4 is 5.32 Å². The average molecular weight is 313 g/mol. The first-order valence-electron chi connectivity index (χ1n) is 8.87. The largest absolute Gasteiger partial charge is 0.387 e. The molecule has 1 heteroatoms. The fourth-order valence-corrected chi connectivity index (χ4v) is 3.74. The van der Waals surface area contributed by atoms with Crippen LogP contribution in [0.25, 0.3) is 11.6 Å². The number of hydrogen-bond acceptors (Lipinski definition) is 1. The summed E-state index contributed by atoms with van der Waals surface area (Å²) in [6.07, 6.45) is 26.4. The molecule has 1 aliphatic heterocycles. The summed E-state index contributed by atoms with van der Waals surface area (Å²) in [6, 6.07) is 4.62. The summed E-state index contributed by atoms with van der Waals surface area (Å²) < 4.78 is 0. The molecule has 0 spiro atoms. The van der Waals surface area contributed by atoms with Crippen LogP contribution >= 0.6 is 0 Å². The van der Waals surface area contributed by atoms with Gasteiger partial charge >= 0.3 is 0 Å². The van der Waals surface area contributed by atoms with Gasteiger partial charge in [0.15, 0.2) is 0 Å². The molecule has 0 fully saturated rings. The van der Waals surface area contributed by atoms with E-state index in [1.54, 1.807) is 11.1 Å². The molecule has 0 saturated carbocycles. The lowest BCUT2D eigenvalue weighted by Crippen LogP contribution is -2.09. The molecule has 1 N–H and O–H groups in total. The van der Waals surface area contributed by atoms with E-state index in [0.29, 0.717) is 0 Å². The van der Waals surface area contributed by atoms with Gasteiger partial charge in [-0.05, 0) is 71.4 Å². The molecule has 1 nitrogen and oxygen atoms in total. The number of nitrogens with one attached hydrogen (secondary N) is 1. The second-order valence-electron chi connectivity index (χ2n) is 6.42. The van der Waals surface area contributed by atoms with Crippen LogP contribution in [0, 0.1) is 0 Å². The minimum atomic E-state index is 0.983. The van der Waals surface area contributed by atoms with E-state index in [2.05, 4.69) is 60.0 Å². The van der Waals surface area contributed by atoms with Gasteiger partial charge in [0.05, 0.1) is 0 Å². The zero-order chi connectivity index (χ0) is 16.2. The van der Waals surface area contributed by atoms with Crippen LogP contribution in [0.5, 0.6) is 0 Å². The first-order valence-corrected chi connectivity index (χ1v) is 8.87. The Morgan fingerprint density at radius 1 is 0.875 bits per heavy atom. The average Bonchev–Trinajstić information content (AvgIpc) is 2.69. The van der Waals surface area contributed by atoms with Gasteiger partial charge in [0.1, 0.15) is 0 Å². The van der Waals surface area contributed by atoms with E-state index in [4.69, 9.17) is 0 Å². The highest BCUT2D eigenvalue weighted by Gasteiger charge is 2.20. The zero-order valence-electron chi connectivity index (χ0n) is 14.0. The van der Waals surface area contributed by atoms with Crippen LogP contribution in [0.2, 0.25) is 0 Å². The molecule has 3 aliphatic carbocycles. The van der Waals surface area contributed by atoms with Crippen molar-refractivity contribution in [2.75, 3.05) is 6.54 Å². The van der Waals surface area contributed by atoms with Crippen molar-refractivity contribution in [1.82, 2.24) is 5.32 Å². The maximum Gasteiger partial charge on any atom is 0.0328 e. The second kappa shape index (κ2) is 6.92. The lowest BCUT2D eigenvalue weighted by atomic mass is 9.79. The van der Waals surface area contributed by atoms with E-state index < -0.39 is 0 Å². The molecule has 120 valence electrons. The van der Waals surface area contributed by atoms with Gasteiger partial charge in [-0.1, -0.05) is 60.7 Å². The van der Waals surface area contributed by atoms with Gasteiger partial charge in [-0.25, -0.2) is 0 Å². The van der Waals surface area contributed by atoms with Crippen molar-refractivity contribution < 1.29 is 0 Å². The smallest absolute Gasteiger partial charge is 0.0328 e. The molecule has 1 aromatic carbocycles. The third kappa shape index (κ3) is 2.94. The third-order valence-corrected chi connectivity index (χ3v) is 4.91. The maximum atomic E-state index is 3.02. The van der Waals surface area contributed by atoms with E-state index in [1.165, 1.54) is 35.1 Å². The SMILES string of the molecule is C1=CC2=CCc3c(ccc4c3CCC=C4)C2=CC1.C1=CCNC=C1. The lowest BCUT2D eigenvalue weighted by Gasteiger charge is -2.25. The van der Waals surface area contributed by atoms with Crippen LogP contribution in [-0.4, -0.2) is 6.54 Å². The molecule has 0 bridgehead atoms.